The van der Waals surface area contributed by atoms with E-state index in [1.807, 2.05) is 27.7 Å². The van der Waals surface area contributed by atoms with Crippen LogP contribution in [0.15, 0.2) is 39.8 Å². The molecule has 1 heterocycles. The second kappa shape index (κ2) is 10.9. The Hall–Kier alpha value is -1.90. The molecule has 0 aliphatic heterocycles. The van der Waals surface area contributed by atoms with Crippen molar-refractivity contribution in [3.8, 4) is 0 Å². The molecular formula is C22H35N3O4S. The summed E-state index contributed by atoms with van der Waals surface area (Å²) in [4.78, 5) is 15.2. The molecule has 0 radical (unpaired) electrons. The van der Waals surface area contributed by atoms with Gasteiger partial charge in [0.25, 0.3) is 0 Å². The normalized spacial score (nSPS) is 13.3. The van der Waals surface area contributed by atoms with Gasteiger partial charge in [0.15, 0.2) is 0 Å². The predicted molar refractivity (Wildman–Crippen MR) is 119 cm³/mol. The minimum absolute atomic E-state index is 0.118. The van der Waals surface area contributed by atoms with Crippen molar-refractivity contribution in [1.82, 2.24) is 9.62 Å². The largest absolute Gasteiger partial charge is 0.464 e. The number of nitrogens with zero attached hydrogens (tertiary/aromatic N) is 1. The van der Waals surface area contributed by atoms with Gasteiger partial charge in [-0.05, 0) is 55.5 Å². The van der Waals surface area contributed by atoms with E-state index in [1.165, 1.54) is 12.3 Å². The molecule has 1 aromatic heterocycles. The Morgan fingerprint density at radius 2 is 1.77 bits per heavy atom. The van der Waals surface area contributed by atoms with E-state index in [0.29, 0.717) is 43.4 Å². The van der Waals surface area contributed by atoms with E-state index in [2.05, 4.69) is 4.72 Å². The molecule has 0 saturated carbocycles. The molecule has 0 fully saturated rings. The summed E-state index contributed by atoms with van der Waals surface area (Å²) in [6.07, 6.45) is 3.34. The Morgan fingerprint density at radius 1 is 1.10 bits per heavy atom. The number of hydrogen-bond donors (Lipinski definition) is 2. The predicted octanol–water partition coefficient (Wildman–Crippen LogP) is 3.35. The van der Waals surface area contributed by atoms with Gasteiger partial charge in [-0.3, -0.25) is 4.79 Å². The molecule has 168 valence electrons. The number of carbonyl (C=O) groups is 1. The van der Waals surface area contributed by atoms with Gasteiger partial charge in [0, 0.05) is 18.5 Å². The van der Waals surface area contributed by atoms with Crippen LogP contribution in [0, 0.1) is 11.8 Å². The number of furan rings is 1. The summed E-state index contributed by atoms with van der Waals surface area (Å²) >= 11 is 0. The average molecular weight is 438 g/mol. The molecule has 0 aliphatic carbocycles. The maximum Gasteiger partial charge on any atom is 0.241 e. The van der Waals surface area contributed by atoms with Crippen molar-refractivity contribution < 1.29 is 17.6 Å². The zero-order chi connectivity index (χ0) is 22.3. The quantitative estimate of drug-likeness (QED) is 0.495. The molecule has 2 rings (SSSR count). The monoisotopic (exact) mass is 437 g/mol. The fourth-order valence-corrected chi connectivity index (χ4v) is 4.71. The number of benzene rings is 1. The Bertz CT molecular complexity index is 911. The molecule has 7 nitrogen and oxygen atoms in total. The van der Waals surface area contributed by atoms with Crippen molar-refractivity contribution in [3.05, 3.63) is 30.5 Å². The van der Waals surface area contributed by atoms with Crippen LogP contribution < -0.4 is 10.5 Å². The van der Waals surface area contributed by atoms with Crippen LogP contribution in [0.4, 0.5) is 0 Å². The van der Waals surface area contributed by atoms with E-state index >= 15 is 0 Å². The van der Waals surface area contributed by atoms with Gasteiger partial charge in [0.2, 0.25) is 15.9 Å². The molecular weight excluding hydrogens is 402 g/mol. The minimum Gasteiger partial charge on any atom is -0.464 e. The first-order valence-electron chi connectivity index (χ1n) is 10.6. The molecule has 0 unspecified atom stereocenters. The number of nitrogens with two attached hydrogens (primary N) is 1. The number of sulfonamides is 1. The number of fused-ring (bicyclic) bond motifs is 1. The summed E-state index contributed by atoms with van der Waals surface area (Å²) in [6, 6.07) is 5.57. The van der Waals surface area contributed by atoms with Gasteiger partial charge in [-0.1, -0.05) is 34.1 Å². The van der Waals surface area contributed by atoms with E-state index in [1.54, 1.807) is 23.1 Å². The molecule has 3 N–H and O–H groups in total. The van der Waals surface area contributed by atoms with Gasteiger partial charge in [-0.25, -0.2) is 8.42 Å². The van der Waals surface area contributed by atoms with Crippen molar-refractivity contribution in [2.24, 2.45) is 17.6 Å². The summed E-state index contributed by atoms with van der Waals surface area (Å²) in [5.74, 6) is 0.400. The molecule has 0 saturated heterocycles. The zero-order valence-electron chi connectivity index (χ0n) is 18.4. The lowest BCUT2D eigenvalue weighted by Gasteiger charge is -2.30. The highest BCUT2D eigenvalue weighted by molar-refractivity contribution is 7.89. The first-order chi connectivity index (χ1) is 14.1. The second-order valence-electron chi connectivity index (χ2n) is 8.61. The third-order valence-corrected chi connectivity index (χ3v) is 6.23. The highest BCUT2D eigenvalue weighted by Gasteiger charge is 2.30. The molecule has 1 aromatic carbocycles. The number of rotatable bonds is 12. The van der Waals surface area contributed by atoms with Crippen LogP contribution in [-0.4, -0.2) is 44.9 Å². The lowest BCUT2D eigenvalue weighted by Crippen LogP contribution is -2.50. The van der Waals surface area contributed by atoms with Gasteiger partial charge in [0.05, 0.1) is 11.2 Å². The first-order valence-corrected chi connectivity index (χ1v) is 12.1. The number of unbranched alkanes of at least 4 members (excludes halogenated alkanes) is 1. The summed E-state index contributed by atoms with van der Waals surface area (Å²) in [5, 5.41) is 0.699. The van der Waals surface area contributed by atoms with E-state index in [0.717, 1.165) is 6.42 Å². The second-order valence-corrected chi connectivity index (χ2v) is 10.3. The zero-order valence-corrected chi connectivity index (χ0v) is 19.2. The number of amides is 1. The van der Waals surface area contributed by atoms with Gasteiger partial charge in [0.1, 0.15) is 11.6 Å². The van der Waals surface area contributed by atoms with Crippen LogP contribution in [0.1, 0.15) is 47.0 Å². The van der Waals surface area contributed by atoms with E-state index in [9.17, 15) is 13.2 Å². The highest BCUT2D eigenvalue weighted by Crippen LogP contribution is 2.21. The molecule has 2 aromatic rings. The molecule has 30 heavy (non-hydrogen) atoms. The third-order valence-electron chi connectivity index (χ3n) is 4.76. The third kappa shape index (κ3) is 6.82. The fourth-order valence-electron chi connectivity index (χ4n) is 3.45. The summed E-state index contributed by atoms with van der Waals surface area (Å²) in [7, 11) is -3.87. The number of nitrogens with one attached hydrogen (secondary N) is 1. The lowest BCUT2D eigenvalue weighted by atomic mass is 10.1. The maximum absolute atomic E-state index is 13.3. The fraction of sp³-hybridized carbons (Fsp3) is 0.591. The van der Waals surface area contributed by atoms with Crippen molar-refractivity contribution in [1.29, 1.82) is 0 Å². The molecule has 0 bridgehead atoms. The van der Waals surface area contributed by atoms with Crippen LogP contribution in [0.2, 0.25) is 0 Å². The van der Waals surface area contributed by atoms with Crippen LogP contribution in [-0.2, 0) is 14.8 Å². The smallest absolute Gasteiger partial charge is 0.241 e. The van der Waals surface area contributed by atoms with Gasteiger partial charge in [-0.15, -0.1) is 0 Å². The van der Waals surface area contributed by atoms with Gasteiger partial charge < -0.3 is 15.1 Å². The van der Waals surface area contributed by atoms with Gasteiger partial charge >= 0.3 is 0 Å². The van der Waals surface area contributed by atoms with Crippen LogP contribution >= 0.6 is 0 Å². The Labute approximate surface area is 180 Å². The summed E-state index contributed by atoms with van der Waals surface area (Å²) in [5.41, 5.74) is 6.22. The minimum atomic E-state index is -3.87. The SMILES string of the molecule is CC(C)CN(CC(C)C)C(=O)[C@H](CCCCN)NS(=O)(=O)c1ccc2occc2c1. The van der Waals surface area contributed by atoms with Crippen LogP contribution in [0.25, 0.3) is 11.0 Å². The average Bonchev–Trinajstić information content (AvgIpc) is 3.13. The topological polar surface area (TPSA) is 106 Å². The Balaban J connectivity index is 2.28. The Kier molecular flexibility index (Phi) is 8.88. The van der Waals surface area contributed by atoms with Crippen molar-refractivity contribution in [3.63, 3.8) is 0 Å². The van der Waals surface area contributed by atoms with E-state index in [-0.39, 0.29) is 22.6 Å². The first kappa shape index (κ1) is 24.4. The molecule has 1 atom stereocenters. The summed E-state index contributed by atoms with van der Waals surface area (Å²) < 4.78 is 34.1. The van der Waals surface area contributed by atoms with Crippen molar-refractivity contribution >= 4 is 26.9 Å². The lowest BCUT2D eigenvalue weighted by molar-refractivity contribution is -0.134. The Morgan fingerprint density at radius 3 is 2.37 bits per heavy atom. The van der Waals surface area contributed by atoms with E-state index < -0.39 is 16.1 Å². The molecule has 8 heteroatoms. The van der Waals surface area contributed by atoms with Crippen LogP contribution in [0.5, 0.6) is 0 Å². The number of carbonyl (C=O) groups excluding carboxylic acids is 1. The van der Waals surface area contributed by atoms with Crippen LogP contribution in [0.3, 0.4) is 0 Å². The standard InChI is InChI=1S/C22H35N3O4S/c1-16(2)14-25(15-17(3)4)22(26)20(7-5-6-11-23)24-30(27,28)19-8-9-21-18(13-19)10-12-29-21/h8-10,12-13,16-17,20,24H,5-7,11,14-15,23H2,1-4H3/t20-/m0/s1. The maximum atomic E-state index is 13.3. The van der Waals surface area contributed by atoms with E-state index in [4.69, 9.17) is 10.2 Å². The molecule has 0 aliphatic rings. The van der Waals surface area contributed by atoms with Crippen molar-refractivity contribution in [2.75, 3.05) is 19.6 Å². The molecule has 1 amide bonds. The van der Waals surface area contributed by atoms with Crippen molar-refractivity contribution in [2.45, 2.75) is 57.9 Å². The van der Waals surface area contributed by atoms with Gasteiger partial charge in [-0.2, -0.15) is 4.72 Å². The highest BCUT2D eigenvalue weighted by atomic mass is 32.2. The summed E-state index contributed by atoms with van der Waals surface area (Å²) in [6.45, 7) is 9.89. The number of hydrogen-bond acceptors (Lipinski definition) is 5. The molecule has 0 spiro atoms.